The fraction of sp³-hybridized carbons (Fsp3) is 0.636. The Labute approximate surface area is 119 Å². The molecule has 0 aliphatic carbocycles. The van der Waals surface area contributed by atoms with Crippen LogP contribution in [0.15, 0.2) is 18.6 Å². The van der Waals surface area contributed by atoms with Crippen molar-refractivity contribution >= 4 is 22.4 Å². The fourth-order valence-corrected chi connectivity index (χ4v) is 3.30. The monoisotopic (exact) mass is 306 g/mol. The molecule has 1 saturated heterocycles. The average molecular weight is 307 g/mol. The number of nitrogens with one attached hydrogen (secondary N) is 2. The molecule has 1 atom stereocenters. The molecule has 1 fully saturated rings. The van der Waals surface area contributed by atoms with Crippen molar-refractivity contribution in [2.75, 3.05) is 13.1 Å². The van der Waals surface area contributed by atoms with E-state index in [1.54, 1.807) is 6.92 Å². The van der Waals surface area contributed by atoms with E-state index >= 15 is 0 Å². The van der Waals surface area contributed by atoms with Crippen molar-refractivity contribution in [2.45, 2.75) is 31.1 Å². The number of sulfonamides is 1. The highest BCUT2D eigenvalue weighted by Gasteiger charge is 2.27. The predicted octanol–water partition coefficient (Wildman–Crippen LogP) is 0.631. The molecule has 1 aromatic rings. The number of hydrogen-bond acceptors (Lipinski definition) is 5. The minimum Gasteiger partial charge on any atom is -0.317 e. The number of piperidine rings is 1. The van der Waals surface area contributed by atoms with E-state index in [2.05, 4.69) is 20.0 Å². The highest BCUT2D eigenvalue weighted by Crippen LogP contribution is 2.19. The van der Waals surface area contributed by atoms with E-state index in [4.69, 9.17) is 0 Å². The number of halogens is 1. The lowest BCUT2D eigenvalue weighted by atomic mass is 10.1. The Morgan fingerprint density at radius 2 is 2.05 bits per heavy atom. The van der Waals surface area contributed by atoms with Gasteiger partial charge in [-0.1, -0.05) is 0 Å². The van der Waals surface area contributed by atoms with E-state index < -0.39 is 15.3 Å². The molecular weight excluding hydrogens is 288 g/mol. The van der Waals surface area contributed by atoms with Gasteiger partial charge in [-0.25, -0.2) is 13.1 Å². The van der Waals surface area contributed by atoms with Crippen LogP contribution in [0.5, 0.6) is 0 Å². The summed E-state index contributed by atoms with van der Waals surface area (Å²) < 4.78 is 27.2. The summed E-state index contributed by atoms with van der Waals surface area (Å²) in [6.07, 6.45) is 6.18. The van der Waals surface area contributed by atoms with Crippen LogP contribution in [0.2, 0.25) is 0 Å². The Kier molecular flexibility index (Phi) is 6.12. The Morgan fingerprint density at radius 1 is 1.37 bits per heavy atom. The van der Waals surface area contributed by atoms with Gasteiger partial charge in [0.2, 0.25) is 10.0 Å². The third kappa shape index (κ3) is 4.38. The van der Waals surface area contributed by atoms with Crippen LogP contribution in [0.1, 0.15) is 30.7 Å². The SMILES string of the molecule is CC(c1cnccn1)S(=O)(=O)NC1CCNCC1.Cl. The van der Waals surface area contributed by atoms with Gasteiger partial charge in [0, 0.05) is 24.6 Å². The minimum atomic E-state index is -3.39. The number of hydrogen-bond donors (Lipinski definition) is 2. The van der Waals surface area contributed by atoms with Crippen LogP contribution >= 0.6 is 12.4 Å². The normalized spacial score (nSPS) is 18.6. The second-order valence-electron chi connectivity index (χ2n) is 4.46. The summed E-state index contributed by atoms with van der Waals surface area (Å²) in [5.74, 6) is 0. The van der Waals surface area contributed by atoms with Gasteiger partial charge in [0.05, 0.1) is 5.69 Å². The van der Waals surface area contributed by atoms with Crippen molar-refractivity contribution in [3.05, 3.63) is 24.3 Å². The molecule has 1 aromatic heterocycles. The van der Waals surface area contributed by atoms with Gasteiger partial charge in [-0.05, 0) is 32.9 Å². The maximum atomic E-state index is 12.2. The highest BCUT2D eigenvalue weighted by atomic mass is 35.5. The second kappa shape index (κ2) is 7.14. The van der Waals surface area contributed by atoms with Gasteiger partial charge >= 0.3 is 0 Å². The molecule has 2 N–H and O–H groups in total. The van der Waals surface area contributed by atoms with E-state index in [9.17, 15) is 8.42 Å². The highest BCUT2D eigenvalue weighted by molar-refractivity contribution is 7.89. The van der Waals surface area contributed by atoms with E-state index in [0.29, 0.717) is 5.69 Å². The van der Waals surface area contributed by atoms with Gasteiger partial charge in [0.25, 0.3) is 0 Å². The van der Waals surface area contributed by atoms with Crippen molar-refractivity contribution in [2.24, 2.45) is 0 Å². The lowest BCUT2D eigenvalue weighted by Crippen LogP contribution is -2.43. The van der Waals surface area contributed by atoms with Crippen LogP contribution < -0.4 is 10.0 Å². The van der Waals surface area contributed by atoms with E-state index in [1.165, 1.54) is 18.6 Å². The van der Waals surface area contributed by atoms with Crippen LogP contribution in [0.4, 0.5) is 0 Å². The molecule has 2 rings (SSSR count). The van der Waals surface area contributed by atoms with Crippen LogP contribution in [-0.4, -0.2) is 37.5 Å². The van der Waals surface area contributed by atoms with Gasteiger partial charge < -0.3 is 5.32 Å². The topological polar surface area (TPSA) is 84.0 Å². The standard InChI is InChI=1S/C11H18N4O2S.ClH/c1-9(11-8-13-6-7-14-11)18(16,17)15-10-2-4-12-5-3-10;/h6-10,12,15H,2-5H2,1H3;1H. The first-order valence-electron chi connectivity index (χ1n) is 6.07. The smallest absolute Gasteiger partial charge is 0.220 e. The lowest BCUT2D eigenvalue weighted by Gasteiger charge is -2.25. The van der Waals surface area contributed by atoms with Crippen LogP contribution in [0, 0.1) is 0 Å². The van der Waals surface area contributed by atoms with Gasteiger partial charge in [-0.2, -0.15) is 0 Å². The first-order chi connectivity index (χ1) is 8.59. The summed E-state index contributed by atoms with van der Waals surface area (Å²) in [4.78, 5) is 7.95. The maximum Gasteiger partial charge on any atom is 0.220 e. The summed E-state index contributed by atoms with van der Waals surface area (Å²) in [5, 5.41) is 2.52. The molecule has 6 nitrogen and oxygen atoms in total. The molecule has 0 amide bonds. The molecule has 19 heavy (non-hydrogen) atoms. The zero-order valence-corrected chi connectivity index (χ0v) is 12.4. The molecule has 0 bridgehead atoms. The molecule has 108 valence electrons. The van der Waals surface area contributed by atoms with Gasteiger partial charge in [-0.15, -0.1) is 12.4 Å². The number of nitrogens with zero attached hydrogens (tertiary/aromatic N) is 2. The maximum absolute atomic E-state index is 12.2. The molecule has 2 heterocycles. The van der Waals surface area contributed by atoms with Crippen LogP contribution in [0.3, 0.4) is 0 Å². The fourth-order valence-electron chi connectivity index (χ4n) is 1.95. The zero-order chi connectivity index (χ0) is 13.0. The predicted molar refractivity (Wildman–Crippen MR) is 75.6 cm³/mol. The quantitative estimate of drug-likeness (QED) is 0.852. The van der Waals surface area contributed by atoms with Crippen molar-refractivity contribution < 1.29 is 8.42 Å². The second-order valence-corrected chi connectivity index (χ2v) is 6.49. The molecule has 8 heteroatoms. The Balaban J connectivity index is 0.00000180. The molecule has 1 aliphatic rings. The molecule has 0 saturated carbocycles. The first kappa shape index (κ1) is 16.3. The van der Waals surface area contributed by atoms with Crippen molar-refractivity contribution in [1.29, 1.82) is 0 Å². The molecule has 1 aliphatic heterocycles. The average Bonchev–Trinajstić information content (AvgIpc) is 2.39. The van der Waals surface area contributed by atoms with Crippen LogP contribution in [0.25, 0.3) is 0 Å². The molecule has 0 radical (unpaired) electrons. The van der Waals surface area contributed by atoms with E-state index in [1.807, 2.05) is 0 Å². The van der Waals surface area contributed by atoms with E-state index in [-0.39, 0.29) is 18.4 Å². The number of rotatable bonds is 4. The van der Waals surface area contributed by atoms with Gasteiger partial charge in [0.1, 0.15) is 5.25 Å². The Hall–Kier alpha value is -0.760. The van der Waals surface area contributed by atoms with Gasteiger partial charge in [0.15, 0.2) is 0 Å². The summed E-state index contributed by atoms with van der Waals surface area (Å²) in [6.45, 7) is 3.34. The Morgan fingerprint density at radius 3 is 2.63 bits per heavy atom. The third-order valence-corrected chi connectivity index (χ3v) is 4.97. The van der Waals surface area contributed by atoms with E-state index in [0.717, 1.165) is 25.9 Å². The zero-order valence-electron chi connectivity index (χ0n) is 10.7. The number of aromatic nitrogens is 2. The van der Waals surface area contributed by atoms with Gasteiger partial charge in [-0.3, -0.25) is 9.97 Å². The molecule has 0 aromatic carbocycles. The van der Waals surface area contributed by atoms with Crippen molar-refractivity contribution in [1.82, 2.24) is 20.0 Å². The molecule has 0 spiro atoms. The molecular formula is C11H19ClN4O2S. The van der Waals surface area contributed by atoms with Crippen molar-refractivity contribution in [3.8, 4) is 0 Å². The third-order valence-electron chi connectivity index (χ3n) is 3.14. The van der Waals surface area contributed by atoms with Crippen molar-refractivity contribution in [3.63, 3.8) is 0 Å². The Bertz CT molecular complexity index is 477. The lowest BCUT2D eigenvalue weighted by molar-refractivity contribution is 0.425. The largest absolute Gasteiger partial charge is 0.317 e. The summed E-state index contributed by atoms with van der Waals surface area (Å²) in [5.41, 5.74) is 0.471. The molecule has 1 unspecified atom stereocenters. The van der Waals surface area contributed by atoms with Crippen LogP contribution in [-0.2, 0) is 10.0 Å². The first-order valence-corrected chi connectivity index (χ1v) is 7.62. The summed E-state index contributed by atoms with van der Waals surface area (Å²) in [7, 11) is -3.39. The summed E-state index contributed by atoms with van der Waals surface area (Å²) >= 11 is 0. The minimum absolute atomic E-state index is 0. The summed E-state index contributed by atoms with van der Waals surface area (Å²) in [6, 6.07) is 0.0235.